The third kappa shape index (κ3) is 2.30. The van der Waals surface area contributed by atoms with Crippen LogP contribution in [0.5, 0.6) is 0 Å². The van der Waals surface area contributed by atoms with E-state index in [1.807, 2.05) is 0 Å². The smallest absolute Gasteiger partial charge is 0.0432 e. The Morgan fingerprint density at radius 1 is 1.12 bits per heavy atom. The summed E-state index contributed by atoms with van der Waals surface area (Å²) in [6.07, 6.45) is 6.53. The molecular weight excluding hydrogens is 194 g/mol. The van der Waals surface area contributed by atoms with Gasteiger partial charge in [0.2, 0.25) is 0 Å². The lowest BCUT2D eigenvalue weighted by atomic mass is 9.83. The highest BCUT2D eigenvalue weighted by molar-refractivity contribution is 5.28. The van der Waals surface area contributed by atoms with Gasteiger partial charge in [0, 0.05) is 5.54 Å². The molecular formula is C15H23N. The molecule has 1 fully saturated rings. The standard InChI is InChI=1S/C15H23N/c1-3-15(11-5-4-6-12-16-15)14-9-7-13(2)8-10-14/h7-10,16H,3-6,11-12H2,1-2H3. The predicted molar refractivity (Wildman–Crippen MR) is 69.6 cm³/mol. The molecule has 0 radical (unpaired) electrons. The Bertz CT molecular complexity index is 318. The fourth-order valence-corrected chi connectivity index (χ4v) is 2.77. The number of hydrogen-bond acceptors (Lipinski definition) is 1. The average Bonchev–Trinajstić information content (AvgIpc) is 2.56. The van der Waals surface area contributed by atoms with Crippen molar-refractivity contribution in [1.82, 2.24) is 5.32 Å². The van der Waals surface area contributed by atoms with Crippen molar-refractivity contribution in [2.75, 3.05) is 6.54 Å². The summed E-state index contributed by atoms with van der Waals surface area (Å²) in [6, 6.07) is 9.08. The molecule has 1 aromatic rings. The lowest BCUT2D eigenvalue weighted by Gasteiger charge is -2.33. The van der Waals surface area contributed by atoms with Gasteiger partial charge in [0.1, 0.15) is 0 Å². The molecule has 1 heterocycles. The van der Waals surface area contributed by atoms with Gasteiger partial charge in [-0.25, -0.2) is 0 Å². The van der Waals surface area contributed by atoms with E-state index in [0.29, 0.717) is 0 Å². The van der Waals surface area contributed by atoms with Crippen molar-refractivity contribution in [3.63, 3.8) is 0 Å². The maximum absolute atomic E-state index is 3.78. The van der Waals surface area contributed by atoms with Crippen LogP contribution in [0, 0.1) is 6.92 Å². The summed E-state index contributed by atoms with van der Waals surface area (Å²) in [4.78, 5) is 0. The van der Waals surface area contributed by atoms with Crippen LogP contribution in [0.25, 0.3) is 0 Å². The molecule has 1 atom stereocenters. The lowest BCUT2D eigenvalue weighted by Crippen LogP contribution is -2.41. The van der Waals surface area contributed by atoms with Crippen LogP contribution < -0.4 is 5.32 Å². The zero-order valence-corrected chi connectivity index (χ0v) is 10.6. The molecule has 0 amide bonds. The van der Waals surface area contributed by atoms with E-state index in [-0.39, 0.29) is 5.54 Å². The third-order valence-electron chi connectivity index (χ3n) is 3.95. The fourth-order valence-electron chi connectivity index (χ4n) is 2.77. The molecule has 1 heteroatoms. The van der Waals surface area contributed by atoms with Crippen LogP contribution in [0.3, 0.4) is 0 Å². The predicted octanol–water partition coefficient (Wildman–Crippen LogP) is 3.76. The maximum Gasteiger partial charge on any atom is 0.0432 e. The van der Waals surface area contributed by atoms with E-state index in [1.165, 1.54) is 49.8 Å². The minimum atomic E-state index is 0.240. The Morgan fingerprint density at radius 2 is 1.88 bits per heavy atom. The Balaban J connectivity index is 2.28. The van der Waals surface area contributed by atoms with E-state index in [9.17, 15) is 0 Å². The largest absolute Gasteiger partial charge is 0.307 e. The van der Waals surface area contributed by atoms with Gasteiger partial charge in [0.05, 0.1) is 0 Å². The van der Waals surface area contributed by atoms with E-state index in [0.717, 1.165) is 0 Å². The van der Waals surface area contributed by atoms with Gasteiger partial charge in [-0.2, -0.15) is 0 Å². The summed E-state index contributed by atoms with van der Waals surface area (Å²) < 4.78 is 0. The fraction of sp³-hybridized carbons (Fsp3) is 0.600. The van der Waals surface area contributed by atoms with Gasteiger partial charge in [-0.3, -0.25) is 0 Å². The Hall–Kier alpha value is -0.820. The summed E-state index contributed by atoms with van der Waals surface area (Å²) in [5.41, 5.74) is 3.07. The Kier molecular flexibility index (Phi) is 3.65. The van der Waals surface area contributed by atoms with Crippen molar-refractivity contribution >= 4 is 0 Å². The zero-order chi connectivity index (χ0) is 11.4. The van der Waals surface area contributed by atoms with E-state index in [1.54, 1.807) is 0 Å². The average molecular weight is 217 g/mol. The monoisotopic (exact) mass is 217 g/mol. The minimum absolute atomic E-state index is 0.240. The van der Waals surface area contributed by atoms with Gasteiger partial charge in [0.15, 0.2) is 0 Å². The third-order valence-corrected chi connectivity index (χ3v) is 3.95. The van der Waals surface area contributed by atoms with E-state index in [2.05, 4.69) is 43.4 Å². The van der Waals surface area contributed by atoms with E-state index < -0.39 is 0 Å². The number of benzene rings is 1. The van der Waals surface area contributed by atoms with Crippen LogP contribution in [0.2, 0.25) is 0 Å². The van der Waals surface area contributed by atoms with Crippen molar-refractivity contribution < 1.29 is 0 Å². The number of hydrogen-bond donors (Lipinski definition) is 1. The quantitative estimate of drug-likeness (QED) is 0.795. The summed E-state index contributed by atoms with van der Waals surface area (Å²) >= 11 is 0. The second kappa shape index (κ2) is 5.01. The molecule has 1 aliphatic heterocycles. The molecule has 1 N–H and O–H groups in total. The molecule has 1 unspecified atom stereocenters. The number of rotatable bonds is 2. The molecule has 1 saturated heterocycles. The highest BCUT2D eigenvalue weighted by atomic mass is 15.0. The first kappa shape index (κ1) is 11.7. The highest BCUT2D eigenvalue weighted by Gasteiger charge is 2.30. The van der Waals surface area contributed by atoms with Crippen LogP contribution in [-0.4, -0.2) is 6.54 Å². The molecule has 1 aromatic carbocycles. The van der Waals surface area contributed by atoms with Gasteiger partial charge in [-0.1, -0.05) is 49.6 Å². The van der Waals surface area contributed by atoms with Gasteiger partial charge in [0.25, 0.3) is 0 Å². The van der Waals surface area contributed by atoms with E-state index >= 15 is 0 Å². The summed E-state index contributed by atoms with van der Waals surface area (Å²) in [6.45, 7) is 5.63. The number of aryl methyl sites for hydroxylation is 1. The van der Waals surface area contributed by atoms with Crippen molar-refractivity contribution in [2.45, 2.75) is 51.5 Å². The van der Waals surface area contributed by atoms with Gasteiger partial charge >= 0.3 is 0 Å². The molecule has 16 heavy (non-hydrogen) atoms. The van der Waals surface area contributed by atoms with Crippen LogP contribution in [0.15, 0.2) is 24.3 Å². The van der Waals surface area contributed by atoms with Crippen LogP contribution in [-0.2, 0) is 5.54 Å². The molecule has 0 saturated carbocycles. The van der Waals surface area contributed by atoms with Crippen molar-refractivity contribution in [3.05, 3.63) is 35.4 Å². The molecule has 0 spiro atoms. The molecule has 1 nitrogen and oxygen atoms in total. The van der Waals surface area contributed by atoms with Crippen molar-refractivity contribution in [1.29, 1.82) is 0 Å². The Labute approximate surface area is 99.3 Å². The second-order valence-electron chi connectivity index (χ2n) is 5.04. The minimum Gasteiger partial charge on any atom is -0.307 e. The maximum atomic E-state index is 3.78. The lowest BCUT2D eigenvalue weighted by molar-refractivity contribution is 0.312. The van der Waals surface area contributed by atoms with Gasteiger partial charge < -0.3 is 5.32 Å². The topological polar surface area (TPSA) is 12.0 Å². The highest BCUT2D eigenvalue weighted by Crippen LogP contribution is 2.32. The normalized spacial score (nSPS) is 26.4. The molecule has 88 valence electrons. The van der Waals surface area contributed by atoms with Crippen molar-refractivity contribution in [2.24, 2.45) is 0 Å². The van der Waals surface area contributed by atoms with Crippen molar-refractivity contribution in [3.8, 4) is 0 Å². The van der Waals surface area contributed by atoms with Crippen LogP contribution in [0.1, 0.15) is 50.2 Å². The molecule has 1 aliphatic rings. The Morgan fingerprint density at radius 3 is 2.56 bits per heavy atom. The van der Waals surface area contributed by atoms with E-state index in [4.69, 9.17) is 0 Å². The first-order valence-electron chi connectivity index (χ1n) is 6.59. The zero-order valence-electron chi connectivity index (χ0n) is 10.6. The van der Waals surface area contributed by atoms with Gasteiger partial charge in [-0.15, -0.1) is 0 Å². The molecule has 2 rings (SSSR count). The second-order valence-corrected chi connectivity index (χ2v) is 5.04. The molecule has 0 aromatic heterocycles. The summed E-state index contributed by atoms with van der Waals surface area (Å²) in [5.74, 6) is 0. The summed E-state index contributed by atoms with van der Waals surface area (Å²) in [5, 5.41) is 3.78. The molecule has 0 bridgehead atoms. The first-order valence-corrected chi connectivity index (χ1v) is 6.59. The van der Waals surface area contributed by atoms with Crippen LogP contribution in [0.4, 0.5) is 0 Å². The number of nitrogens with one attached hydrogen (secondary N) is 1. The summed E-state index contributed by atoms with van der Waals surface area (Å²) in [7, 11) is 0. The van der Waals surface area contributed by atoms with Gasteiger partial charge in [-0.05, 0) is 38.3 Å². The molecule has 0 aliphatic carbocycles. The van der Waals surface area contributed by atoms with Crippen LogP contribution >= 0.6 is 0 Å². The first-order chi connectivity index (χ1) is 7.77. The SMILES string of the molecule is CCC1(c2ccc(C)cc2)CCCCCN1.